The molecule has 0 saturated heterocycles. The maximum Gasteiger partial charge on any atom is 0.264 e. The second-order valence-corrected chi connectivity index (χ2v) is 8.15. The van der Waals surface area contributed by atoms with Gasteiger partial charge in [-0.05, 0) is 56.0 Å². The molecule has 0 saturated carbocycles. The van der Waals surface area contributed by atoms with Crippen LogP contribution >= 0.6 is 0 Å². The average molecular weight is 368 g/mol. The third-order valence-electron chi connectivity index (χ3n) is 5.69. The van der Waals surface area contributed by atoms with E-state index in [0.717, 1.165) is 0 Å². The lowest BCUT2D eigenvalue weighted by atomic mass is 9.80. The Bertz CT molecular complexity index is 957. The standard InChI is InChI=1S/C21H21FN2O3/c1-12-10-20(2,3)24-18-15(12)8-14(22)9-16(18)21(27,19(24)26)11-17(25)13-4-6-23-7-5-13/h4-9,12,27H,10-11H2,1-3H3. The molecule has 1 amide bonds. The highest BCUT2D eigenvalue weighted by Crippen LogP contribution is 2.54. The molecule has 2 aliphatic rings. The zero-order chi connectivity index (χ0) is 19.6. The molecule has 4 rings (SSSR count). The molecule has 2 aliphatic heterocycles. The van der Waals surface area contributed by atoms with Gasteiger partial charge < -0.3 is 10.0 Å². The fourth-order valence-electron chi connectivity index (χ4n) is 4.53. The molecular formula is C21H21FN2O3. The second kappa shape index (κ2) is 5.70. The molecule has 1 aromatic carbocycles. The van der Waals surface area contributed by atoms with Gasteiger partial charge in [0.15, 0.2) is 11.4 Å². The van der Waals surface area contributed by atoms with Crippen molar-refractivity contribution in [3.63, 3.8) is 0 Å². The van der Waals surface area contributed by atoms with Crippen LogP contribution in [-0.2, 0) is 10.4 Å². The van der Waals surface area contributed by atoms with Gasteiger partial charge in [0.2, 0.25) is 0 Å². The van der Waals surface area contributed by atoms with Gasteiger partial charge in [-0.1, -0.05) is 6.92 Å². The molecule has 3 heterocycles. The van der Waals surface area contributed by atoms with Gasteiger partial charge >= 0.3 is 0 Å². The van der Waals surface area contributed by atoms with Crippen molar-refractivity contribution in [1.82, 2.24) is 4.98 Å². The minimum Gasteiger partial charge on any atom is -0.375 e. The summed E-state index contributed by atoms with van der Waals surface area (Å²) in [7, 11) is 0. The van der Waals surface area contributed by atoms with Gasteiger partial charge in [0, 0.05) is 29.1 Å². The van der Waals surface area contributed by atoms with Crippen LogP contribution in [0.3, 0.4) is 0 Å². The molecule has 0 bridgehead atoms. The van der Waals surface area contributed by atoms with Gasteiger partial charge in [0.05, 0.1) is 12.1 Å². The Morgan fingerprint density at radius 3 is 2.67 bits per heavy atom. The number of anilines is 1. The number of Topliss-reactive ketones (excluding diaryl/α,β-unsaturated/α-hetero) is 1. The Morgan fingerprint density at radius 1 is 1.33 bits per heavy atom. The third kappa shape index (κ3) is 2.51. The molecular weight excluding hydrogens is 347 g/mol. The van der Waals surface area contributed by atoms with Gasteiger partial charge in [0.25, 0.3) is 5.91 Å². The average Bonchev–Trinajstić information content (AvgIpc) is 2.82. The smallest absolute Gasteiger partial charge is 0.264 e. The molecule has 1 N–H and O–H groups in total. The second-order valence-electron chi connectivity index (χ2n) is 8.15. The molecule has 27 heavy (non-hydrogen) atoms. The minimum atomic E-state index is -2.08. The van der Waals surface area contributed by atoms with Gasteiger partial charge in [-0.25, -0.2) is 4.39 Å². The van der Waals surface area contributed by atoms with E-state index in [1.54, 1.807) is 4.90 Å². The summed E-state index contributed by atoms with van der Waals surface area (Å²) in [5.74, 6) is -1.44. The van der Waals surface area contributed by atoms with E-state index in [0.29, 0.717) is 23.2 Å². The van der Waals surface area contributed by atoms with Gasteiger partial charge in [0.1, 0.15) is 5.82 Å². The van der Waals surface area contributed by atoms with Crippen molar-refractivity contribution in [3.8, 4) is 0 Å². The molecule has 0 fully saturated rings. The Labute approximate surface area is 156 Å². The summed E-state index contributed by atoms with van der Waals surface area (Å²) in [5.41, 5.74) is -0.830. The summed E-state index contributed by atoms with van der Waals surface area (Å²) >= 11 is 0. The highest BCUT2D eigenvalue weighted by molar-refractivity contribution is 6.12. The fourth-order valence-corrected chi connectivity index (χ4v) is 4.53. The van der Waals surface area contributed by atoms with Gasteiger partial charge in [-0.15, -0.1) is 0 Å². The zero-order valence-corrected chi connectivity index (χ0v) is 15.5. The molecule has 5 nitrogen and oxygen atoms in total. The van der Waals surface area contributed by atoms with E-state index in [2.05, 4.69) is 4.98 Å². The lowest BCUT2D eigenvalue weighted by molar-refractivity contribution is -0.137. The molecule has 0 spiro atoms. The predicted molar refractivity (Wildman–Crippen MR) is 98.1 cm³/mol. The number of benzene rings is 1. The maximum atomic E-state index is 14.3. The van der Waals surface area contributed by atoms with Crippen molar-refractivity contribution >= 4 is 17.4 Å². The van der Waals surface area contributed by atoms with Crippen LogP contribution in [0.5, 0.6) is 0 Å². The largest absolute Gasteiger partial charge is 0.375 e. The number of rotatable bonds is 3. The molecule has 2 unspecified atom stereocenters. The van der Waals surface area contributed by atoms with Crippen molar-refractivity contribution < 1.29 is 19.1 Å². The highest BCUT2D eigenvalue weighted by Gasteiger charge is 2.57. The number of carbonyl (C=O) groups is 2. The number of ketones is 1. The van der Waals surface area contributed by atoms with Gasteiger partial charge in [-0.2, -0.15) is 0 Å². The number of amides is 1. The number of aromatic nitrogens is 1. The number of hydrogen-bond donors (Lipinski definition) is 1. The maximum absolute atomic E-state index is 14.3. The van der Waals surface area contributed by atoms with Crippen molar-refractivity contribution in [3.05, 3.63) is 59.2 Å². The summed E-state index contributed by atoms with van der Waals surface area (Å²) in [6.45, 7) is 5.83. The lowest BCUT2D eigenvalue weighted by Gasteiger charge is -2.44. The zero-order valence-electron chi connectivity index (χ0n) is 15.5. The van der Waals surface area contributed by atoms with E-state index in [1.165, 1.54) is 36.7 Å². The SMILES string of the molecule is CC1CC(C)(C)N2C(=O)C(O)(CC(=O)c3ccncc3)c3cc(F)cc1c32. The minimum absolute atomic E-state index is 0.0340. The lowest BCUT2D eigenvalue weighted by Crippen LogP contribution is -2.53. The van der Waals surface area contributed by atoms with Crippen LogP contribution in [0, 0.1) is 5.82 Å². The van der Waals surface area contributed by atoms with Crippen LogP contribution < -0.4 is 4.90 Å². The predicted octanol–water partition coefficient (Wildman–Crippen LogP) is 3.31. The van der Waals surface area contributed by atoms with Crippen LogP contribution in [0.4, 0.5) is 10.1 Å². The summed E-state index contributed by atoms with van der Waals surface area (Å²) in [6, 6.07) is 5.68. The first-order valence-electron chi connectivity index (χ1n) is 8.99. The van der Waals surface area contributed by atoms with E-state index >= 15 is 0 Å². The first-order valence-corrected chi connectivity index (χ1v) is 8.99. The molecule has 0 aliphatic carbocycles. The summed E-state index contributed by atoms with van der Waals surface area (Å²) in [5, 5.41) is 11.3. The molecule has 2 aromatic rings. The molecule has 140 valence electrons. The summed E-state index contributed by atoms with van der Waals surface area (Å²) < 4.78 is 14.3. The number of nitrogens with zero attached hydrogens (tertiary/aromatic N) is 2. The van der Waals surface area contributed by atoms with Crippen LogP contribution in [0.2, 0.25) is 0 Å². The fraction of sp³-hybridized carbons (Fsp3) is 0.381. The van der Waals surface area contributed by atoms with E-state index in [4.69, 9.17) is 0 Å². The number of halogens is 1. The van der Waals surface area contributed by atoms with Crippen LogP contribution in [0.15, 0.2) is 36.7 Å². The van der Waals surface area contributed by atoms with E-state index < -0.39 is 35.1 Å². The van der Waals surface area contributed by atoms with Gasteiger partial charge in [-0.3, -0.25) is 14.6 Å². The monoisotopic (exact) mass is 368 g/mol. The number of carbonyl (C=O) groups excluding carboxylic acids is 2. The Morgan fingerprint density at radius 2 is 2.00 bits per heavy atom. The normalized spacial score (nSPS) is 25.4. The Kier molecular flexibility index (Phi) is 3.75. The first kappa shape index (κ1) is 17.8. The van der Waals surface area contributed by atoms with Crippen LogP contribution in [0.1, 0.15) is 61.0 Å². The number of aliphatic hydroxyl groups is 1. The van der Waals surface area contributed by atoms with E-state index in [-0.39, 0.29) is 11.5 Å². The van der Waals surface area contributed by atoms with E-state index in [1.807, 2.05) is 20.8 Å². The van der Waals surface area contributed by atoms with Crippen LogP contribution in [0.25, 0.3) is 0 Å². The van der Waals surface area contributed by atoms with Crippen molar-refractivity contribution in [2.45, 2.75) is 50.7 Å². The van der Waals surface area contributed by atoms with Crippen molar-refractivity contribution in [2.75, 3.05) is 4.90 Å². The Balaban J connectivity index is 1.86. The Hall–Kier alpha value is -2.60. The number of pyridine rings is 1. The highest BCUT2D eigenvalue weighted by atomic mass is 19.1. The van der Waals surface area contributed by atoms with Crippen LogP contribution in [-0.4, -0.2) is 27.3 Å². The topological polar surface area (TPSA) is 70.5 Å². The first-order chi connectivity index (χ1) is 12.6. The molecule has 6 heteroatoms. The summed E-state index contributed by atoms with van der Waals surface area (Å²) in [4.78, 5) is 31.4. The molecule has 2 atom stereocenters. The molecule has 0 radical (unpaired) electrons. The summed E-state index contributed by atoms with van der Waals surface area (Å²) in [6.07, 6.45) is 3.16. The molecule has 1 aromatic heterocycles. The quantitative estimate of drug-likeness (QED) is 0.844. The van der Waals surface area contributed by atoms with Crippen molar-refractivity contribution in [2.24, 2.45) is 0 Å². The van der Waals surface area contributed by atoms with Crippen molar-refractivity contribution in [1.29, 1.82) is 0 Å². The number of hydrogen-bond acceptors (Lipinski definition) is 4. The van der Waals surface area contributed by atoms with E-state index in [9.17, 15) is 19.1 Å². The third-order valence-corrected chi connectivity index (χ3v) is 5.69.